The fourth-order valence-corrected chi connectivity index (χ4v) is 4.29. The summed E-state index contributed by atoms with van der Waals surface area (Å²) in [5, 5.41) is 0. The van der Waals surface area contributed by atoms with Gasteiger partial charge < -0.3 is 10.6 Å². The van der Waals surface area contributed by atoms with Crippen LogP contribution in [0.1, 0.15) is 30.9 Å². The molecule has 1 fully saturated rings. The number of sulfonamides is 1. The number of carbonyl (C=O) groups is 1. The lowest BCUT2D eigenvalue weighted by Gasteiger charge is -2.17. The van der Waals surface area contributed by atoms with Crippen molar-refractivity contribution >= 4 is 15.9 Å². The van der Waals surface area contributed by atoms with E-state index in [0.29, 0.717) is 25.4 Å². The smallest absolute Gasteiger partial charge is 0.240 e. The molecule has 7 heteroatoms. The van der Waals surface area contributed by atoms with Gasteiger partial charge in [0.25, 0.3) is 0 Å². The van der Waals surface area contributed by atoms with Crippen molar-refractivity contribution in [2.75, 3.05) is 19.6 Å². The molecule has 1 aromatic carbocycles. The van der Waals surface area contributed by atoms with Crippen LogP contribution in [0.2, 0.25) is 0 Å². The van der Waals surface area contributed by atoms with Crippen LogP contribution in [0.5, 0.6) is 0 Å². The number of nitrogens with zero attached hydrogens (tertiary/aromatic N) is 1. The molecule has 24 heavy (non-hydrogen) atoms. The molecule has 132 valence electrons. The molecule has 6 nitrogen and oxygen atoms in total. The van der Waals surface area contributed by atoms with E-state index < -0.39 is 10.0 Å². The van der Waals surface area contributed by atoms with Gasteiger partial charge in [0, 0.05) is 32.6 Å². The second-order valence-corrected chi connectivity index (χ2v) is 8.56. The van der Waals surface area contributed by atoms with Gasteiger partial charge >= 0.3 is 0 Å². The van der Waals surface area contributed by atoms with E-state index in [9.17, 15) is 13.2 Å². The van der Waals surface area contributed by atoms with Crippen LogP contribution in [0.3, 0.4) is 0 Å². The molecular weight excluding hydrogens is 326 g/mol. The summed E-state index contributed by atoms with van der Waals surface area (Å²) in [4.78, 5) is 13.6. The van der Waals surface area contributed by atoms with Gasteiger partial charge in [-0.15, -0.1) is 0 Å². The van der Waals surface area contributed by atoms with Gasteiger partial charge in [-0.2, -0.15) is 0 Å². The number of benzene rings is 1. The van der Waals surface area contributed by atoms with Crippen LogP contribution in [0.4, 0.5) is 0 Å². The van der Waals surface area contributed by atoms with Gasteiger partial charge in [0.2, 0.25) is 15.9 Å². The third-order valence-electron chi connectivity index (χ3n) is 4.97. The fourth-order valence-electron chi connectivity index (χ4n) is 3.16. The van der Waals surface area contributed by atoms with Crippen molar-refractivity contribution in [3.05, 3.63) is 29.3 Å². The summed E-state index contributed by atoms with van der Waals surface area (Å²) in [7, 11) is -3.55. The minimum absolute atomic E-state index is 0.0615. The molecule has 1 heterocycles. The Morgan fingerprint density at radius 1 is 1.29 bits per heavy atom. The lowest BCUT2D eigenvalue weighted by molar-refractivity contribution is -0.128. The highest BCUT2D eigenvalue weighted by Gasteiger charge is 2.29. The van der Waals surface area contributed by atoms with Crippen molar-refractivity contribution in [1.29, 1.82) is 0 Å². The van der Waals surface area contributed by atoms with E-state index in [2.05, 4.69) is 4.72 Å². The molecule has 1 unspecified atom stereocenters. The summed E-state index contributed by atoms with van der Waals surface area (Å²) >= 11 is 0. The highest BCUT2D eigenvalue weighted by atomic mass is 32.2. The van der Waals surface area contributed by atoms with Gasteiger partial charge in [0.1, 0.15) is 0 Å². The molecule has 0 spiro atoms. The molecule has 1 saturated carbocycles. The Morgan fingerprint density at radius 3 is 2.58 bits per heavy atom. The van der Waals surface area contributed by atoms with Crippen LogP contribution in [0.25, 0.3) is 0 Å². The molecule has 0 saturated heterocycles. The van der Waals surface area contributed by atoms with Crippen molar-refractivity contribution < 1.29 is 13.2 Å². The van der Waals surface area contributed by atoms with Crippen molar-refractivity contribution in [1.82, 2.24) is 9.62 Å². The van der Waals surface area contributed by atoms with E-state index >= 15 is 0 Å². The number of carbonyl (C=O) groups excluding carboxylic acids is 1. The SMILES string of the molecule is CC(=O)N1CCc2ccc(S(=O)(=O)NCC(N)C3CC3)cc2CC1. The lowest BCUT2D eigenvalue weighted by Crippen LogP contribution is -2.38. The van der Waals surface area contributed by atoms with Crippen LogP contribution < -0.4 is 10.5 Å². The number of rotatable bonds is 5. The second kappa shape index (κ2) is 6.82. The molecule has 3 N–H and O–H groups in total. The highest BCUT2D eigenvalue weighted by Crippen LogP contribution is 2.31. The van der Waals surface area contributed by atoms with Crippen LogP contribution in [0, 0.1) is 5.92 Å². The third kappa shape index (κ3) is 3.96. The molecule has 1 aliphatic heterocycles. The second-order valence-electron chi connectivity index (χ2n) is 6.79. The third-order valence-corrected chi connectivity index (χ3v) is 6.39. The summed E-state index contributed by atoms with van der Waals surface area (Å²) in [6, 6.07) is 5.15. The zero-order valence-corrected chi connectivity index (χ0v) is 14.8. The minimum Gasteiger partial charge on any atom is -0.342 e. The average Bonchev–Trinajstić information content (AvgIpc) is 3.38. The van der Waals surface area contributed by atoms with Gasteiger partial charge in [0.05, 0.1) is 4.90 Å². The molecule has 0 radical (unpaired) electrons. The van der Waals surface area contributed by atoms with Crippen molar-refractivity contribution in [2.45, 2.75) is 43.5 Å². The van der Waals surface area contributed by atoms with Crippen LogP contribution in [-0.2, 0) is 27.7 Å². The van der Waals surface area contributed by atoms with E-state index in [1.807, 2.05) is 6.07 Å². The maximum absolute atomic E-state index is 12.5. The first kappa shape index (κ1) is 17.4. The Balaban J connectivity index is 1.72. The molecule has 1 aromatic rings. The summed E-state index contributed by atoms with van der Waals surface area (Å²) in [6.07, 6.45) is 3.62. The first-order chi connectivity index (χ1) is 11.4. The van der Waals surface area contributed by atoms with Crippen LogP contribution in [-0.4, -0.2) is 44.9 Å². The number of fused-ring (bicyclic) bond motifs is 1. The summed E-state index contributed by atoms with van der Waals surface area (Å²) < 4.78 is 27.6. The Morgan fingerprint density at radius 2 is 1.96 bits per heavy atom. The Labute approximate surface area is 143 Å². The largest absolute Gasteiger partial charge is 0.342 e. The molecule has 0 bridgehead atoms. The van der Waals surface area contributed by atoms with Crippen molar-refractivity contribution in [3.63, 3.8) is 0 Å². The first-order valence-electron chi connectivity index (χ1n) is 8.49. The predicted octanol–water partition coefficient (Wildman–Crippen LogP) is 0.649. The van der Waals surface area contributed by atoms with Crippen molar-refractivity contribution in [2.24, 2.45) is 11.7 Å². The first-order valence-corrected chi connectivity index (χ1v) is 9.98. The molecule has 1 aliphatic carbocycles. The number of nitrogens with two attached hydrogens (primary N) is 1. The van der Waals surface area contributed by atoms with E-state index in [-0.39, 0.29) is 23.4 Å². The number of amides is 1. The number of hydrogen-bond donors (Lipinski definition) is 2. The standard InChI is InChI=1S/C17H25N3O3S/c1-12(21)20-8-6-13-4-5-16(10-15(13)7-9-20)24(22,23)19-11-17(18)14-2-3-14/h4-5,10,14,17,19H,2-3,6-9,11,18H2,1H3. The van der Waals surface area contributed by atoms with Gasteiger partial charge in [-0.05, 0) is 54.9 Å². The highest BCUT2D eigenvalue weighted by molar-refractivity contribution is 7.89. The predicted molar refractivity (Wildman–Crippen MR) is 92.0 cm³/mol. The maximum atomic E-state index is 12.5. The quantitative estimate of drug-likeness (QED) is 0.815. The molecule has 2 aliphatic rings. The zero-order valence-electron chi connectivity index (χ0n) is 14.0. The maximum Gasteiger partial charge on any atom is 0.240 e. The molecule has 3 rings (SSSR count). The van der Waals surface area contributed by atoms with Crippen molar-refractivity contribution in [3.8, 4) is 0 Å². The van der Waals surface area contributed by atoms with Gasteiger partial charge in [-0.3, -0.25) is 4.79 Å². The average molecular weight is 351 g/mol. The van der Waals surface area contributed by atoms with E-state index in [0.717, 1.165) is 30.4 Å². The lowest BCUT2D eigenvalue weighted by atomic mass is 10.0. The topological polar surface area (TPSA) is 92.5 Å². The molecular formula is C17H25N3O3S. The molecule has 1 atom stereocenters. The normalized spacial score (nSPS) is 19.5. The Hall–Kier alpha value is -1.44. The summed E-state index contributed by atoms with van der Waals surface area (Å²) in [6.45, 7) is 3.16. The van der Waals surface area contributed by atoms with E-state index in [1.165, 1.54) is 0 Å². The molecule has 1 amide bonds. The fraction of sp³-hybridized carbons (Fsp3) is 0.588. The number of nitrogens with one attached hydrogen (secondary N) is 1. The Kier molecular flexibility index (Phi) is 4.94. The summed E-state index contributed by atoms with van der Waals surface area (Å²) in [5.41, 5.74) is 8.10. The summed E-state index contributed by atoms with van der Waals surface area (Å²) in [5.74, 6) is 0.517. The van der Waals surface area contributed by atoms with Gasteiger partial charge in [-0.25, -0.2) is 13.1 Å². The van der Waals surface area contributed by atoms with E-state index in [4.69, 9.17) is 5.73 Å². The number of hydrogen-bond acceptors (Lipinski definition) is 4. The van der Waals surface area contributed by atoms with Gasteiger partial charge in [0.15, 0.2) is 0 Å². The molecule has 0 aromatic heterocycles. The monoisotopic (exact) mass is 351 g/mol. The minimum atomic E-state index is -3.55. The van der Waals surface area contributed by atoms with E-state index in [1.54, 1.807) is 24.0 Å². The van der Waals surface area contributed by atoms with Gasteiger partial charge in [-0.1, -0.05) is 6.07 Å². The Bertz CT molecular complexity index is 729. The van der Waals surface area contributed by atoms with Crippen LogP contribution in [0.15, 0.2) is 23.1 Å². The van der Waals surface area contributed by atoms with Crippen LogP contribution >= 0.6 is 0 Å². The zero-order chi connectivity index (χ0) is 17.3.